The molecule has 0 spiro atoms. The molecule has 0 aliphatic rings. The van der Waals surface area contributed by atoms with Crippen LogP contribution in [0.25, 0.3) is 0 Å². The molecule has 1 unspecified atom stereocenters. The van der Waals surface area contributed by atoms with E-state index in [1.54, 1.807) is 11.8 Å². The average molecular weight is 295 g/mol. The first-order chi connectivity index (χ1) is 9.58. The van der Waals surface area contributed by atoms with Crippen LogP contribution in [0.1, 0.15) is 36.6 Å². The number of nitrogens with one attached hydrogen (secondary N) is 1. The minimum Gasteiger partial charge on any atom is -0.465 e. The second-order valence-electron chi connectivity index (χ2n) is 4.79. The minimum atomic E-state index is -0.131. The lowest BCUT2D eigenvalue weighted by molar-refractivity contribution is -0.139. The first kappa shape index (κ1) is 17.1. The molecule has 0 aliphatic heterocycles. The molecule has 0 radical (unpaired) electrons. The zero-order valence-electron chi connectivity index (χ0n) is 12.9. The van der Waals surface area contributed by atoms with Gasteiger partial charge in [0, 0.05) is 11.8 Å². The van der Waals surface area contributed by atoms with Crippen LogP contribution in [-0.2, 0) is 9.53 Å². The molecule has 4 heteroatoms. The Morgan fingerprint density at radius 2 is 2.10 bits per heavy atom. The Bertz CT molecular complexity index is 434. The number of carbonyl (C=O) groups is 1. The van der Waals surface area contributed by atoms with Crippen molar-refractivity contribution in [3.05, 3.63) is 34.9 Å². The van der Waals surface area contributed by atoms with Gasteiger partial charge in [-0.15, -0.1) is 11.8 Å². The molecule has 3 nitrogen and oxygen atoms in total. The number of rotatable bonds is 8. The van der Waals surface area contributed by atoms with Gasteiger partial charge in [-0.2, -0.15) is 0 Å². The maximum absolute atomic E-state index is 11.4. The maximum atomic E-state index is 11.4. The molecule has 0 saturated heterocycles. The van der Waals surface area contributed by atoms with E-state index in [4.69, 9.17) is 4.74 Å². The average Bonchev–Trinajstić information content (AvgIpc) is 2.41. The van der Waals surface area contributed by atoms with Crippen molar-refractivity contribution >= 4 is 17.7 Å². The number of ether oxygens (including phenoxy) is 1. The number of carbonyl (C=O) groups excluding carboxylic acids is 1. The summed E-state index contributed by atoms with van der Waals surface area (Å²) in [6.07, 6.45) is 0. The molecule has 20 heavy (non-hydrogen) atoms. The van der Waals surface area contributed by atoms with Gasteiger partial charge in [-0.3, -0.25) is 4.79 Å². The number of esters is 1. The van der Waals surface area contributed by atoms with E-state index in [1.807, 2.05) is 6.92 Å². The second kappa shape index (κ2) is 9.03. The van der Waals surface area contributed by atoms with E-state index in [-0.39, 0.29) is 12.0 Å². The fourth-order valence-corrected chi connectivity index (χ4v) is 3.00. The molecule has 0 heterocycles. The van der Waals surface area contributed by atoms with Crippen molar-refractivity contribution in [3.63, 3.8) is 0 Å². The zero-order chi connectivity index (χ0) is 15.0. The highest BCUT2D eigenvalue weighted by molar-refractivity contribution is 7.99. The number of thioether (sulfide) groups is 1. The lowest BCUT2D eigenvalue weighted by Crippen LogP contribution is -2.24. The molecular formula is C16H25NO2S. The third kappa shape index (κ3) is 5.55. The van der Waals surface area contributed by atoms with Crippen LogP contribution in [0, 0.1) is 13.8 Å². The lowest BCUT2D eigenvalue weighted by atomic mass is 10.00. The monoisotopic (exact) mass is 295 g/mol. The SMILES string of the molecule is CCNC(CSCC(=O)OCC)c1cc(C)ccc1C. The molecule has 0 saturated carbocycles. The number of benzene rings is 1. The molecule has 0 fully saturated rings. The van der Waals surface area contributed by atoms with Crippen molar-refractivity contribution in [1.82, 2.24) is 5.32 Å². The van der Waals surface area contributed by atoms with E-state index in [0.29, 0.717) is 12.4 Å². The maximum Gasteiger partial charge on any atom is 0.315 e. The van der Waals surface area contributed by atoms with Crippen LogP contribution in [0.2, 0.25) is 0 Å². The van der Waals surface area contributed by atoms with Gasteiger partial charge in [-0.25, -0.2) is 0 Å². The molecule has 0 aromatic heterocycles. The van der Waals surface area contributed by atoms with Crippen LogP contribution in [0.3, 0.4) is 0 Å². The van der Waals surface area contributed by atoms with Gasteiger partial charge in [-0.05, 0) is 38.4 Å². The Hall–Kier alpha value is -1.00. The van der Waals surface area contributed by atoms with Crippen LogP contribution in [0.4, 0.5) is 0 Å². The molecule has 112 valence electrons. The van der Waals surface area contributed by atoms with Gasteiger partial charge in [0.15, 0.2) is 0 Å². The molecule has 0 bridgehead atoms. The lowest BCUT2D eigenvalue weighted by Gasteiger charge is -2.20. The van der Waals surface area contributed by atoms with Crippen LogP contribution in [0.15, 0.2) is 18.2 Å². The Morgan fingerprint density at radius 1 is 1.35 bits per heavy atom. The summed E-state index contributed by atoms with van der Waals surface area (Å²) in [5.74, 6) is 1.16. The third-order valence-electron chi connectivity index (χ3n) is 3.07. The molecule has 0 aliphatic carbocycles. The highest BCUT2D eigenvalue weighted by atomic mass is 32.2. The standard InChI is InChI=1S/C16H25NO2S/c1-5-17-15(10-20-11-16(18)19-6-2)14-9-12(3)7-8-13(14)4/h7-9,15,17H,5-6,10-11H2,1-4H3. The van der Waals surface area contributed by atoms with E-state index < -0.39 is 0 Å². The number of aryl methyl sites for hydroxylation is 2. The Kier molecular flexibility index (Phi) is 7.70. The second-order valence-corrected chi connectivity index (χ2v) is 5.82. The molecule has 1 rings (SSSR count). The van der Waals surface area contributed by atoms with E-state index in [0.717, 1.165) is 12.3 Å². The first-order valence-electron chi connectivity index (χ1n) is 7.12. The van der Waals surface area contributed by atoms with Crippen molar-refractivity contribution in [3.8, 4) is 0 Å². The van der Waals surface area contributed by atoms with Crippen LogP contribution >= 0.6 is 11.8 Å². The van der Waals surface area contributed by atoms with Gasteiger partial charge in [0.25, 0.3) is 0 Å². The van der Waals surface area contributed by atoms with Crippen LogP contribution in [-0.4, -0.2) is 30.6 Å². The first-order valence-corrected chi connectivity index (χ1v) is 8.27. The summed E-state index contributed by atoms with van der Waals surface area (Å²) < 4.78 is 4.95. The predicted molar refractivity (Wildman–Crippen MR) is 86.3 cm³/mol. The summed E-state index contributed by atoms with van der Waals surface area (Å²) in [5.41, 5.74) is 3.88. The molecule has 0 amide bonds. The summed E-state index contributed by atoms with van der Waals surface area (Å²) in [7, 11) is 0. The smallest absolute Gasteiger partial charge is 0.315 e. The van der Waals surface area contributed by atoms with Gasteiger partial charge in [0.05, 0.1) is 12.4 Å². The summed E-state index contributed by atoms with van der Waals surface area (Å²) in [4.78, 5) is 11.4. The third-order valence-corrected chi connectivity index (χ3v) is 4.08. The molecular weight excluding hydrogens is 270 g/mol. The number of hydrogen-bond donors (Lipinski definition) is 1. The highest BCUT2D eigenvalue weighted by Gasteiger charge is 2.14. The van der Waals surface area contributed by atoms with Gasteiger partial charge in [0.2, 0.25) is 0 Å². The normalized spacial score (nSPS) is 12.2. The molecule has 1 aromatic rings. The quantitative estimate of drug-likeness (QED) is 0.747. The van der Waals surface area contributed by atoms with Crippen molar-refractivity contribution in [2.24, 2.45) is 0 Å². The Labute approximate surface area is 126 Å². The number of hydrogen-bond acceptors (Lipinski definition) is 4. The van der Waals surface area contributed by atoms with Gasteiger partial charge in [-0.1, -0.05) is 30.7 Å². The van der Waals surface area contributed by atoms with Crippen LogP contribution in [0.5, 0.6) is 0 Å². The van der Waals surface area contributed by atoms with E-state index in [2.05, 4.69) is 44.3 Å². The largest absolute Gasteiger partial charge is 0.465 e. The van der Waals surface area contributed by atoms with E-state index in [1.165, 1.54) is 16.7 Å². The van der Waals surface area contributed by atoms with Crippen molar-refractivity contribution in [1.29, 1.82) is 0 Å². The Morgan fingerprint density at radius 3 is 2.75 bits per heavy atom. The molecule has 1 atom stereocenters. The van der Waals surface area contributed by atoms with Crippen LogP contribution < -0.4 is 5.32 Å². The zero-order valence-corrected chi connectivity index (χ0v) is 13.7. The van der Waals surface area contributed by atoms with Gasteiger partial charge in [0.1, 0.15) is 0 Å². The summed E-state index contributed by atoms with van der Waals surface area (Å²) in [6.45, 7) is 9.55. The highest BCUT2D eigenvalue weighted by Crippen LogP contribution is 2.23. The molecule has 1 aromatic carbocycles. The summed E-state index contributed by atoms with van der Waals surface area (Å²) in [5, 5.41) is 3.50. The van der Waals surface area contributed by atoms with Gasteiger partial charge < -0.3 is 10.1 Å². The van der Waals surface area contributed by atoms with E-state index >= 15 is 0 Å². The van der Waals surface area contributed by atoms with Crippen molar-refractivity contribution < 1.29 is 9.53 Å². The van der Waals surface area contributed by atoms with Gasteiger partial charge >= 0.3 is 5.97 Å². The summed E-state index contributed by atoms with van der Waals surface area (Å²) >= 11 is 1.62. The fraction of sp³-hybridized carbons (Fsp3) is 0.562. The molecule has 1 N–H and O–H groups in total. The Balaban J connectivity index is 2.64. The predicted octanol–water partition coefficient (Wildman–Crippen LogP) is 3.25. The van der Waals surface area contributed by atoms with E-state index in [9.17, 15) is 4.79 Å². The minimum absolute atomic E-state index is 0.131. The fourth-order valence-electron chi connectivity index (χ4n) is 2.10. The summed E-state index contributed by atoms with van der Waals surface area (Å²) in [6, 6.07) is 6.80. The van der Waals surface area contributed by atoms with Crippen molar-refractivity contribution in [2.45, 2.75) is 33.7 Å². The van der Waals surface area contributed by atoms with Crippen molar-refractivity contribution in [2.75, 3.05) is 24.7 Å². The topological polar surface area (TPSA) is 38.3 Å².